The lowest BCUT2D eigenvalue weighted by Crippen LogP contribution is -2.29. The van der Waals surface area contributed by atoms with Crippen LogP contribution in [0.4, 0.5) is 11.6 Å². The Kier molecular flexibility index (Phi) is 4.98. The molecule has 2 aromatic heterocycles. The average molecular weight is 379 g/mol. The molecular weight excluding hydrogens is 364 g/mol. The van der Waals surface area contributed by atoms with Crippen LogP contribution in [0.5, 0.6) is 0 Å². The number of anilines is 2. The minimum absolute atomic E-state index is 0.118. The maximum Gasteiger partial charge on any atom is 0.240 e. The maximum atomic E-state index is 12.2. The topological polar surface area (TPSA) is 123 Å². The fourth-order valence-corrected chi connectivity index (χ4v) is 3.51. The molecule has 4 N–H and O–H groups in total. The molecule has 0 aliphatic carbocycles. The molecule has 0 saturated carbocycles. The Morgan fingerprint density at radius 1 is 1.12 bits per heavy atom. The molecule has 0 unspecified atom stereocenters. The van der Waals surface area contributed by atoms with E-state index in [0.717, 1.165) is 0 Å². The second-order valence-electron chi connectivity index (χ2n) is 5.11. The van der Waals surface area contributed by atoms with Gasteiger partial charge in [0.1, 0.15) is 18.0 Å². The average Bonchev–Trinajstić information content (AvgIpc) is 2.58. The van der Waals surface area contributed by atoms with Crippen LogP contribution in [0.1, 0.15) is 0 Å². The molecule has 0 spiro atoms. The van der Waals surface area contributed by atoms with E-state index in [0.29, 0.717) is 34.2 Å². The molecule has 10 heteroatoms. The van der Waals surface area contributed by atoms with Gasteiger partial charge in [-0.1, -0.05) is 17.7 Å². The number of nitrogen functional groups attached to an aromatic ring is 1. The van der Waals surface area contributed by atoms with Crippen molar-refractivity contribution in [2.75, 3.05) is 24.1 Å². The van der Waals surface area contributed by atoms with E-state index in [2.05, 4.69) is 25.0 Å². The third-order valence-corrected chi connectivity index (χ3v) is 5.03. The molecule has 0 radical (unpaired) electrons. The molecule has 0 bridgehead atoms. The highest BCUT2D eigenvalue weighted by molar-refractivity contribution is 7.89. The van der Waals surface area contributed by atoms with Gasteiger partial charge < -0.3 is 11.1 Å². The van der Waals surface area contributed by atoms with E-state index >= 15 is 0 Å². The Hall–Kier alpha value is -2.49. The van der Waals surface area contributed by atoms with Gasteiger partial charge in [0.25, 0.3) is 0 Å². The van der Waals surface area contributed by atoms with Crippen molar-refractivity contribution in [3.8, 4) is 0 Å². The van der Waals surface area contributed by atoms with Crippen LogP contribution < -0.4 is 15.8 Å². The highest BCUT2D eigenvalue weighted by atomic mass is 35.5. The van der Waals surface area contributed by atoms with Gasteiger partial charge in [-0.2, -0.15) is 0 Å². The second-order valence-corrected chi connectivity index (χ2v) is 7.31. The monoisotopic (exact) mass is 378 g/mol. The minimum Gasteiger partial charge on any atom is -0.384 e. The first-order chi connectivity index (χ1) is 12.0. The quantitative estimate of drug-likeness (QED) is 0.557. The van der Waals surface area contributed by atoms with E-state index in [4.69, 9.17) is 17.3 Å². The van der Waals surface area contributed by atoms with Gasteiger partial charge in [0.2, 0.25) is 10.0 Å². The van der Waals surface area contributed by atoms with E-state index < -0.39 is 10.0 Å². The number of nitrogens with two attached hydrogens (primary N) is 1. The number of rotatable bonds is 6. The largest absolute Gasteiger partial charge is 0.384 e. The maximum absolute atomic E-state index is 12.2. The molecule has 25 heavy (non-hydrogen) atoms. The van der Waals surface area contributed by atoms with Crippen molar-refractivity contribution in [3.63, 3.8) is 0 Å². The van der Waals surface area contributed by atoms with Crippen LogP contribution in [0.3, 0.4) is 0 Å². The summed E-state index contributed by atoms with van der Waals surface area (Å²) in [5.41, 5.74) is 6.10. The zero-order valence-corrected chi connectivity index (χ0v) is 14.5. The number of nitrogens with zero attached hydrogens (tertiary/aromatic N) is 3. The van der Waals surface area contributed by atoms with Crippen molar-refractivity contribution >= 4 is 44.3 Å². The minimum atomic E-state index is -3.62. The zero-order chi connectivity index (χ0) is 17.9. The van der Waals surface area contributed by atoms with Crippen LogP contribution in [0.15, 0.2) is 47.6 Å². The zero-order valence-electron chi connectivity index (χ0n) is 13.0. The number of benzene rings is 1. The molecule has 0 amide bonds. The summed E-state index contributed by atoms with van der Waals surface area (Å²) in [6.45, 7) is 0.499. The second kappa shape index (κ2) is 7.18. The number of sulfonamides is 1. The smallest absolute Gasteiger partial charge is 0.240 e. The third-order valence-electron chi connectivity index (χ3n) is 3.33. The van der Waals surface area contributed by atoms with Crippen molar-refractivity contribution in [2.45, 2.75) is 4.90 Å². The summed E-state index contributed by atoms with van der Waals surface area (Å²) in [7, 11) is -3.62. The number of nitrogens with one attached hydrogen (secondary N) is 2. The first kappa shape index (κ1) is 17.3. The van der Waals surface area contributed by atoms with E-state index in [1.807, 2.05) is 0 Å². The summed E-state index contributed by atoms with van der Waals surface area (Å²) in [5, 5.41) is 4.12. The van der Waals surface area contributed by atoms with Gasteiger partial charge in [-0.15, -0.1) is 0 Å². The SMILES string of the molecule is Nc1ccc2c(NCCNS(=O)(=O)c3cccc(Cl)c3)ncnc2n1. The number of fused-ring (bicyclic) bond motifs is 1. The first-order valence-electron chi connectivity index (χ1n) is 7.32. The predicted molar refractivity (Wildman–Crippen MR) is 96.9 cm³/mol. The van der Waals surface area contributed by atoms with E-state index in [1.54, 1.807) is 24.3 Å². The van der Waals surface area contributed by atoms with Gasteiger partial charge in [0, 0.05) is 18.1 Å². The molecule has 3 aromatic rings. The van der Waals surface area contributed by atoms with Crippen molar-refractivity contribution in [1.82, 2.24) is 19.7 Å². The lowest BCUT2D eigenvalue weighted by molar-refractivity contribution is 0.583. The van der Waals surface area contributed by atoms with Crippen LogP contribution in [0.2, 0.25) is 5.02 Å². The van der Waals surface area contributed by atoms with Gasteiger partial charge in [-0.05, 0) is 30.3 Å². The molecule has 130 valence electrons. The van der Waals surface area contributed by atoms with Crippen molar-refractivity contribution in [1.29, 1.82) is 0 Å². The van der Waals surface area contributed by atoms with Crippen molar-refractivity contribution in [3.05, 3.63) is 47.7 Å². The Bertz CT molecular complexity index is 1010. The van der Waals surface area contributed by atoms with Crippen LogP contribution in [0.25, 0.3) is 11.0 Å². The lowest BCUT2D eigenvalue weighted by atomic mass is 10.3. The number of pyridine rings is 1. The van der Waals surface area contributed by atoms with Crippen LogP contribution >= 0.6 is 11.6 Å². The van der Waals surface area contributed by atoms with E-state index in [9.17, 15) is 8.42 Å². The summed E-state index contributed by atoms with van der Waals surface area (Å²) >= 11 is 5.83. The Balaban J connectivity index is 1.64. The number of aromatic nitrogens is 3. The standard InChI is InChI=1S/C15H15ClN6O2S/c16-10-2-1-3-11(8-10)25(23,24)21-7-6-18-14-12-4-5-13(17)22-15(12)20-9-19-14/h1-5,8-9,21H,6-7H2,(H3,17,18,19,20,22). The van der Waals surface area contributed by atoms with Crippen LogP contribution in [-0.4, -0.2) is 36.5 Å². The summed E-state index contributed by atoms with van der Waals surface area (Å²) in [6, 6.07) is 9.49. The molecule has 2 heterocycles. The molecule has 0 atom stereocenters. The summed E-state index contributed by atoms with van der Waals surface area (Å²) < 4.78 is 26.9. The van der Waals surface area contributed by atoms with Gasteiger partial charge >= 0.3 is 0 Å². The van der Waals surface area contributed by atoms with Gasteiger partial charge in [-0.3, -0.25) is 0 Å². The highest BCUT2D eigenvalue weighted by Gasteiger charge is 2.13. The fraction of sp³-hybridized carbons (Fsp3) is 0.133. The lowest BCUT2D eigenvalue weighted by Gasteiger charge is -2.10. The van der Waals surface area contributed by atoms with Crippen LogP contribution in [0, 0.1) is 0 Å². The van der Waals surface area contributed by atoms with Crippen molar-refractivity contribution in [2.24, 2.45) is 0 Å². The summed E-state index contributed by atoms with van der Waals surface area (Å²) in [4.78, 5) is 12.4. The van der Waals surface area contributed by atoms with Crippen molar-refractivity contribution < 1.29 is 8.42 Å². The number of hydrogen-bond acceptors (Lipinski definition) is 7. The van der Waals surface area contributed by atoms with Gasteiger partial charge in [0.05, 0.1) is 10.3 Å². The molecular formula is C15H15ClN6O2S. The Morgan fingerprint density at radius 2 is 1.96 bits per heavy atom. The fourth-order valence-electron chi connectivity index (χ4n) is 2.18. The molecule has 3 rings (SSSR count). The summed E-state index contributed by atoms with van der Waals surface area (Å²) in [5.74, 6) is 0.922. The number of halogens is 1. The normalized spacial score (nSPS) is 11.6. The molecule has 8 nitrogen and oxygen atoms in total. The molecule has 1 aromatic carbocycles. The molecule has 0 saturated heterocycles. The van der Waals surface area contributed by atoms with Gasteiger partial charge in [0.15, 0.2) is 5.65 Å². The highest BCUT2D eigenvalue weighted by Crippen LogP contribution is 2.18. The molecule has 0 aliphatic rings. The summed E-state index contributed by atoms with van der Waals surface area (Å²) in [6.07, 6.45) is 1.37. The Labute approximate surface area is 149 Å². The van der Waals surface area contributed by atoms with Gasteiger partial charge in [-0.25, -0.2) is 28.1 Å². The number of hydrogen-bond donors (Lipinski definition) is 3. The Morgan fingerprint density at radius 3 is 2.76 bits per heavy atom. The van der Waals surface area contributed by atoms with E-state index in [-0.39, 0.29) is 11.4 Å². The third kappa shape index (κ3) is 4.13. The first-order valence-corrected chi connectivity index (χ1v) is 9.18. The molecule has 0 aliphatic heterocycles. The van der Waals surface area contributed by atoms with E-state index in [1.165, 1.54) is 18.5 Å². The molecule has 0 fully saturated rings. The predicted octanol–water partition coefficient (Wildman–Crippen LogP) is 1.65. The van der Waals surface area contributed by atoms with Crippen LogP contribution in [-0.2, 0) is 10.0 Å².